The van der Waals surface area contributed by atoms with Crippen LogP contribution in [0.25, 0.3) is 0 Å². The number of amides is 2. The SMILES string of the molecule is CCCc1ccc(CCC(N)(CO)CO)cc1.CCCc1ccc(CCC(N)(CO)CO)cc1.CCCc1ccc(CCC(NC(C)=O)(C(=O)OCC)C(=O)OCC)cc1.CCCc1ccc(CCI)cc1.CCOC(=O)C(NC(C)=O)C(C)=O.Cl. The van der Waals surface area contributed by atoms with Crippen LogP contribution in [0.15, 0.2) is 97.1 Å². The van der Waals surface area contributed by atoms with Crippen molar-refractivity contribution in [1.82, 2.24) is 10.6 Å². The number of aryl methyl sites for hydroxylation is 8. The molecule has 10 N–H and O–H groups in total. The number of alkyl halides is 1. The first-order valence-corrected chi connectivity index (χ1v) is 31.5. The van der Waals surface area contributed by atoms with E-state index in [0.717, 1.165) is 56.9 Å². The van der Waals surface area contributed by atoms with Crippen LogP contribution in [0.3, 0.4) is 0 Å². The first kappa shape index (κ1) is 82.7. The number of esters is 3. The van der Waals surface area contributed by atoms with Crippen molar-refractivity contribution < 1.29 is 63.4 Å². The quantitative estimate of drug-likeness (QED) is 0.00746. The third kappa shape index (κ3) is 34.3. The van der Waals surface area contributed by atoms with Crippen molar-refractivity contribution in [2.24, 2.45) is 11.5 Å². The molecule has 1 atom stereocenters. The van der Waals surface area contributed by atoms with Gasteiger partial charge >= 0.3 is 17.9 Å². The first-order valence-electron chi connectivity index (χ1n) is 30.0. The Morgan fingerprint density at radius 1 is 0.442 bits per heavy atom. The van der Waals surface area contributed by atoms with Gasteiger partial charge in [0.1, 0.15) is 0 Å². The normalized spacial score (nSPS) is 11.1. The lowest BCUT2D eigenvalue weighted by molar-refractivity contribution is -0.168. The Hall–Kier alpha value is -5.32. The van der Waals surface area contributed by atoms with Crippen LogP contribution >= 0.6 is 35.0 Å². The number of Topliss-reactive ketones (excluding diaryl/α,β-unsaturated/α-hetero) is 1. The molecule has 17 nitrogen and oxygen atoms in total. The minimum atomic E-state index is -1.83. The number of ketones is 1. The van der Waals surface area contributed by atoms with Crippen molar-refractivity contribution in [3.8, 4) is 0 Å². The molecule has 4 aromatic carbocycles. The number of nitrogens with one attached hydrogen (secondary N) is 2. The van der Waals surface area contributed by atoms with Gasteiger partial charge in [-0.1, -0.05) is 173 Å². The second kappa shape index (κ2) is 47.7. The van der Waals surface area contributed by atoms with E-state index in [0.29, 0.717) is 19.3 Å². The van der Waals surface area contributed by atoms with Crippen molar-refractivity contribution in [3.63, 3.8) is 0 Å². The molecule has 0 bridgehead atoms. The zero-order chi connectivity index (χ0) is 64.3. The number of carbonyl (C=O) groups is 6. The van der Waals surface area contributed by atoms with Gasteiger partial charge in [-0.05, 0) is 143 Å². The maximum absolute atomic E-state index is 12.5. The van der Waals surface area contributed by atoms with Crippen LogP contribution in [0, 0.1) is 0 Å². The van der Waals surface area contributed by atoms with Crippen LogP contribution in [0.4, 0.5) is 0 Å². The summed E-state index contributed by atoms with van der Waals surface area (Å²) in [5, 5.41) is 41.0. The Kier molecular flexibility index (Phi) is 45.9. The van der Waals surface area contributed by atoms with Crippen molar-refractivity contribution in [1.29, 1.82) is 0 Å². The Morgan fingerprint density at radius 3 is 0.930 bits per heavy atom. The third-order valence-electron chi connectivity index (χ3n) is 13.4. The number of hydrogen-bond donors (Lipinski definition) is 8. The number of halogens is 2. The van der Waals surface area contributed by atoms with Gasteiger partial charge in [0.25, 0.3) is 0 Å². The highest BCUT2D eigenvalue weighted by molar-refractivity contribution is 14.1. The van der Waals surface area contributed by atoms with Gasteiger partial charge < -0.3 is 56.7 Å². The molecule has 0 aliphatic rings. The maximum Gasteiger partial charge on any atom is 0.343 e. The summed E-state index contributed by atoms with van der Waals surface area (Å²) in [4.78, 5) is 69.3. The molecule has 0 fully saturated rings. The largest absolute Gasteiger partial charge is 0.464 e. The van der Waals surface area contributed by atoms with Crippen molar-refractivity contribution >= 4 is 70.5 Å². The Labute approximate surface area is 533 Å². The van der Waals surface area contributed by atoms with Crippen LogP contribution in [0.5, 0.6) is 0 Å². The van der Waals surface area contributed by atoms with E-state index in [9.17, 15) is 28.8 Å². The smallest absolute Gasteiger partial charge is 0.343 e. The zero-order valence-electron chi connectivity index (χ0n) is 53.0. The third-order valence-corrected chi connectivity index (χ3v) is 14.0. The van der Waals surface area contributed by atoms with Gasteiger partial charge in [-0.25, -0.2) is 14.4 Å². The molecule has 0 saturated heterocycles. The zero-order valence-corrected chi connectivity index (χ0v) is 56.0. The van der Waals surface area contributed by atoms with Crippen LogP contribution in [0.2, 0.25) is 0 Å². The van der Waals surface area contributed by atoms with Gasteiger partial charge in [-0.3, -0.25) is 14.4 Å². The Morgan fingerprint density at radius 2 is 0.709 bits per heavy atom. The second-order valence-electron chi connectivity index (χ2n) is 21.1. The van der Waals surface area contributed by atoms with Gasteiger partial charge in [-0.2, -0.15) is 0 Å². The molecule has 2 amide bonds. The highest BCUT2D eigenvalue weighted by Gasteiger charge is 2.49. The number of aliphatic hydroxyl groups excluding tert-OH is 4. The van der Waals surface area contributed by atoms with Crippen molar-refractivity contribution in [3.05, 3.63) is 142 Å². The molecule has 4 aromatic rings. The van der Waals surface area contributed by atoms with Crippen molar-refractivity contribution in [2.75, 3.05) is 50.7 Å². The summed E-state index contributed by atoms with van der Waals surface area (Å²) in [7, 11) is 0. The average molecular weight is 1340 g/mol. The molecule has 484 valence electrons. The standard InChI is InChI=1S/C20H29NO5.2C14H23NO2.C11H15I.C8H13NO4.ClH/c1-5-8-16-9-11-17(12-10-16)13-14-20(21-15(4)22,18(23)25-6-2)19(24)26-7-3;2*1-2-3-12-4-6-13(7-5-12)8-9-14(15,10-16)11-17;1-2-3-10-4-6-11(7-5-10)8-9-12;1-4-13-8(12)7(5(2)10)9-6(3)11;/h9-12H,5-8,13-14H2,1-4H3,(H,21,22);2*4-7,16-17H,2-3,8-11,15H2,1H3;4-7H,2-3,8-9H2,1H3;7H,4H2,1-3H3,(H,9,11);1H. The predicted molar refractivity (Wildman–Crippen MR) is 353 cm³/mol. The molecule has 0 heterocycles. The molecule has 86 heavy (non-hydrogen) atoms. The van der Waals surface area contributed by atoms with Crippen LogP contribution in [-0.4, -0.2) is 129 Å². The van der Waals surface area contributed by atoms with Crippen molar-refractivity contribution in [2.45, 2.75) is 188 Å². The highest BCUT2D eigenvalue weighted by atomic mass is 127. The van der Waals surface area contributed by atoms with Crippen LogP contribution in [0.1, 0.15) is 159 Å². The van der Waals surface area contributed by atoms with E-state index < -0.39 is 58.2 Å². The molecular weight excluding hydrogens is 1230 g/mol. The number of ether oxygens (including phenoxy) is 3. The van der Waals surface area contributed by atoms with E-state index in [4.69, 9.17) is 41.4 Å². The summed E-state index contributed by atoms with van der Waals surface area (Å²) in [5.74, 6) is -3.68. The number of hydrogen-bond acceptors (Lipinski definition) is 15. The fraction of sp³-hybridized carbons (Fsp3) is 0.552. The fourth-order valence-corrected chi connectivity index (χ4v) is 8.93. The Bertz CT molecular complexity index is 2360. The lowest BCUT2D eigenvalue weighted by atomic mass is 9.90. The molecule has 0 aromatic heterocycles. The minimum absolute atomic E-state index is 0. The lowest BCUT2D eigenvalue weighted by Crippen LogP contribution is -2.61. The molecule has 1 unspecified atom stereocenters. The predicted octanol–water partition coefficient (Wildman–Crippen LogP) is 8.76. The molecule has 0 aliphatic carbocycles. The fourth-order valence-electron chi connectivity index (χ4n) is 8.31. The summed E-state index contributed by atoms with van der Waals surface area (Å²) in [6, 6.07) is 32.8. The van der Waals surface area contributed by atoms with E-state index in [-0.39, 0.29) is 65.1 Å². The van der Waals surface area contributed by atoms with Crippen LogP contribution in [-0.2, 0) is 94.3 Å². The number of carbonyl (C=O) groups excluding carboxylic acids is 6. The topological polar surface area (TPSA) is 287 Å². The molecule has 19 heteroatoms. The summed E-state index contributed by atoms with van der Waals surface area (Å²) < 4.78 is 15.9. The molecule has 0 aliphatic heterocycles. The van der Waals surface area contributed by atoms with E-state index in [1.807, 2.05) is 24.3 Å². The summed E-state index contributed by atoms with van der Waals surface area (Å²) in [6.45, 7) is 17.0. The van der Waals surface area contributed by atoms with Gasteiger partial charge in [0.05, 0.1) is 57.3 Å². The van der Waals surface area contributed by atoms with Gasteiger partial charge in [0.2, 0.25) is 17.4 Å². The van der Waals surface area contributed by atoms with Gasteiger partial charge in [-0.15, -0.1) is 12.4 Å². The lowest BCUT2D eigenvalue weighted by Gasteiger charge is -2.29. The molecule has 0 radical (unpaired) electrons. The monoisotopic (exact) mass is 1330 g/mol. The summed E-state index contributed by atoms with van der Waals surface area (Å²) in [5.41, 5.74) is 18.3. The molecule has 0 spiro atoms. The van der Waals surface area contributed by atoms with E-state index in [1.165, 1.54) is 83.4 Å². The molecule has 0 saturated carbocycles. The molecular formula is C67H104ClIN4O13. The first-order chi connectivity index (χ1) is 40.5. The van der Waals surface area contributed by atoms with E-state index in [1.54, 1.807) is 20.8 Å². The molecule has 4 rings (SSSR count). The number of rotatable bonds is 32. The summed E-state index contributed by atoms with van der Waals surface area (Å²) >= 11 is 2.42. The van der Waals surface area contributed by atoms with Gasteiger partial charge in [0.15, 0.2) is 11.8 Å². The van der Waals surface area contributed by atoms with Gasteiger partial charge in [0, 0.05) is 18.3 Å². The highest BCUT2D eigenvalue weighted by Crippen LogP contribution is 2.21. The number of aliphatic hydroxyl groups is 4. The maximum atomic E-state index is 12.5. The Balaban J connectivity index is 0. The average Bonchev–Trinajstić information content (AvgIpc) is 1.41. The second-order valence-corrected chi connectivity index (χ2v) is 22.2. The minimum Gasteiger partial charge on any atom is -0.464 e. The van der Waals surface area contributed by atoms with E-state index >= 15 is 0 Å². The van der Waals surface area contributed by atoms with Crippen LogP contribution < -0.4 is 22.1 Å². The summed E-state index contributed by atoms with van der Waals surface area (Å²) in [6.07, 6.45) is 13.5. The number of benzene rings is 4. The number of nitrogens with two attached hydrogens (primary N) is 2. The van der Waals surface area contributed by atoms with E-state index in [2.05, 4.69) is 138 Å².